The minimum absolute atomic E-state index is 0.165. The van der Waals surface area contributed by atoms with E-state index in [-0.39, 0.29) is 11.9 Å². The van der Waals surface area contributed by atoms with Crippen LogP contribution in [0, 0.1) is 5.92 Å². The van der Waals surface area contributed by atoms with Crippen molar-refractivity contribution in [3.8, 4) is 0 Å². The normalized spacial score (nSPS) is 18.9. The Balaban J connectivity index is 1.94. The molecule has 4 N–H and O–H groups in total. The first-order chi connectivity index (χ1) is 12.6. The number of aliphatic hydroxyl groups is 1. The molecule has 1 aromatic heterocycles. The molecule has 26 heavy (non-hydrogen) atoms. The average molecular weight is 398 g/mol. The molecule has 1 aromatic rings. The fraction of sp³-hybridized carbons (Fsp3) is 0.684. The van der Waals surface area contributed by atoms with Crippen LogP contribution in [0.15, 0.2) is 29.4 Å². The second-order valence-electron chi connectivity index (χ2n) is 6.96. The van der Waals surface area contributed by atoms with Gasteiger partial charge in [0.1, 0.15) is 0 Å². The van der Waals surface area contributed by atoms with Gasteiger partial charge in [-0.25, -0.2) is 4.98 Å². The Bertz CT molecular complexity index is 527. The van der Waals surface area contributed by atoms with Crippen molar-refractivity contribution in [3.05, 3.63) is 24.4 Å². The summed E-state index contributed by atoms with van der Waals surface area (Å²) in [4.78, 5) is 16.7. The Morgan fingerprint density at radius 3 is 2.77 bits per heavy atom. The van der Waals surface area contributed by atoms with Crippen LogP contribution < -0.4 is 11.1 Å². The molecule has 0 aromatic carbocycles. The van der Waals surface area contributed by atoms with Crippen molar-refractivity contribution in [1.82, 2.24) is 10.3 Å². The zero-order valence-electron chi connectivity index (χ0n) is 15.5. The second-order valence-corrected chi connectivity index (χ2v) is 8.91. The van der Waals surface area contributed by atoms with Crippen LogP contribution in [-0.4, -0.2) is 51.9 Å². The Labute approximate surface area is 165 Å². The monoisotopic (exact) mass is 397 g/mol. The van der Waals surface area contributed by atoms with Gasteiger partial charge in [-0.3, -0.25) is 4.79 Å². The first-order valence-corrected chi connectivity index (χ1v) is 11.7. The van der Waals surface area contributed by atoms with E-state index < -0.39 is 12.1 Å². The van der Waals surface area contributed by atoms with Crippen LogP contribution in [0.4, 0.5) is 0 Å². The Hall–Kier alpha value is -0.760. The highest BCUT2D eigenvalue weighted by Gasteiger charge is 2.27. The van der Waals surface area contributed by atoms with Crippen molar-refractivity contribution in [2.24, 2.45) is 11.7 Å². The maximum atomic E-state index is 12.4. The number of nitrogens with zero attached hydrogens (tertiary/aromatic N) is 1. The molecule has 2 rings (SSSR count). The lowest BCUT2D eigenvalue weighted by molar-refractivity contribution is -0.123. The molecule has 1 aliphatic carbocycles. The van der Waals surface area contributed by atoms with E-state index in [9.17, 15) is 9.90 Å². The molecule has 146 valence electrons. The number of hydrogen-bond donors (Lipinski definition) is 3. The lowest BCUT2D eigenvalue weighted by atomic mass is 9.84. The topological polar surface area (TPSA) is 88.2 Å². The lowest BCUT2D eigenvalue weighted by Crippen LogP contribution is -2.51. The summed E-state index contributed by atoms with van der Waals surface area (Å²) in [6, 6.07) is 4.95. The van der Waals surface area contributed by atoms with Gasteiger partial charge in [0.05, 0.1) is 23.2 Å². The molecule has 7 heteroatoms. The van der Waals surface area contributed by atoms with E-state index in [1.165, 1.54) is 43.9 Å². The van der Waals surface area contributed by atoms with Gasteiger partial charge in [-0.1, -0.05) is 38.2 Å². The second kappa shape index (κ2) is 11.8. The van der Waals surface area contributed by atoms with Crippen LogP contribution in [0.2, 0.25) is 0 Å². The number of carbonyl (C=O) groups excluding carboxylic acids is 1. The van der Waals surface area contributed by atoms with Crippen molar-refractivity contribution in [2.75, 3.05) is 17.8 Å². The number of thioether (sulfide) groups is 2. The molecule has 0 saturated heterocycles. The molecule has 0 aliphatic heterocycles. The van der Waals surface area contributed by atoms with Crippen LogP contribution in [0.25, 0.3) is 0 Å². The third-order valence-corrected chi connectivity index (χ3v) is 6.56. The van der Waals surface area contributed by atoms with Crippen LogP contribution in [0.1, 0.15) is 38.5 Å². The van der Waals surface area contributed by atoms with E-state index >= 15 is 0 Å². The zero-order chi connectivity index (χ0) is 18.8. The van der Waals surface area contributed by atoms with Gasteiger partial charge in [0.25, 0.3) is 0 Å². The van der Waals surface area contributed by atoms with Gasteiger partial charge >= 0.3 is 0 Å². The maximum absolute atomic E-state index is 12.4. The molecular weight excluding hydrogens is 366 g/mol. The maximum Gasteiger partial charge on any atom is 0.238 e. The number of hydrogen-bond acceptors (Lipinski definition) is 6. The summed E-state index contributed by atoms with van der Waals surface area (Å²) >= 11 is 3.07. The van der Waals surface area contributed by atoms with E-state index in [0.717, 1.165) is 11.4 Å². The summed E-state index contributed by atoms with van der Waals surface area (Å²) in [5, 5.41) is 14.7. The summed E-state index contributed by atoms with van der Waals surface area (Å²) < 4.78 is 0. The highest BCUT2D eigenvalue weighted by atomic mass is 32.2. The van der Waals surface area contributed by atoms with Crippen molar-refractivity contribution >= 4 is 29.4 Å². The van der Waals surface area contributed by atoms with Gasteiger partial charge in [0, 0.05) is 17.7 Å². The smallest absolute Gasteiger partial charge is 0.238 e. The number of rotatable bonds is 10. The first kappa shape index (κ1) is 21.5. The summed E-state index contributed by atoms with van der Waals surface area (Å²) in [6.45, 7) is 0. The largest absolute Gasteiger partial charge is 0.390 e. The van der Waals surface area contributed by atoms with Crippen molar-refractivity contribution in [3.63, 3.8) is 0 Å². The van der Waals surface area contributed by atoms with Crippen molar-refractivity contribution < 1.29 is 9.90 Å². The van der Waals surface area contributed by atoms with Gasteiger partial charge in [-0.15, -0.1) is 11.8 Å². The highest BCUT2D eigenvalue weighted by Crippen LogP contribution is 2.29. The van der Waals surface area contributed by atoms with E-state index in [1.54, 1.807) is 18.0 Å². The highest BCUT2D eigenvalue weighted by molar-refractivity contribution is 7.99. The molecule has 1 fully saturated rings. The van der Waals surface area contributed by atoms with Crippen LogP contribution in [-0.2, 0) is 4.79 Å². The number of carbonyl (C=O) groups is 1. The van der Waals surface area contributed by atoms with Crippen LogP contribution >= 0.6 is 23.5 Å². The van der Waals surface area contributed by atoms with Gasteiger partial charge in [-0.05, 0) is 30.7 Å². The van der Waals surface area contributed by atoms with Crippen molar-refractivity contribution in [1.29, 1.82) is 0 Å². The number of aliphatic hydroxyl groups excluding tert-OH is 1. The molecular formula is C19H31N3O2S2. The van der Waals surface area contributed by atoms with Gasteiger partial charge in [0.2, 0.25) is 5.91 Å². The first-order valence-electron chi connectivity index (χ1n) is 9.37. The Morgan fingerprint density at radius 1 is 1.35 bits per heavy atom. The molecule has 3 atom stereocenters. The van der Waals surface area contributed by atoms with E-state index in [4.69, 9.17) is 5.73 Å². The minimum Gasteiger partial charge on any atom is -0.390 e. The molecule has 0 spiro atoms. The molecule has 1 amide bonds. The minimum atomic E-state index is -0.616. The number of nitrogens with one attached hydrogen (secondary N) is 1. The third-order valence-electron chi connectivity index (χ3n) is 4.83. The predicted molar refractivity (Wildman–Crippen MR) is 110 cm³/mol. The average Bonchev–Trinajstić information content (AvgIpc) is 2.67. The standard InChI is InChI=1S/C19H31N3O2S2/c1-25-12-15(20)19(24)22-16(11-14-7-3-2-4-8-14)17(23)13-26-18-9-5-6-10-21-18/h5-6,9-10,14-17,23H,2-4,7-8,11-13,20H2,1H3,(H,22,24)/t15-,16-,17-/m0/s1. The summed E-state index contributed by atoms with van der Waals surface area (Å²) in [5.74, 6) is 1.50. The molecule has 5 nitrogen and oxygen atoms in total. The molecule has 0 unspecified atom stereocenters. The quantitative estimate of drug-likeness (QED) is 0.526. The molecule has 1 aliphatic rings. The van der Waals surface area contributed by atoms with Crippen LogP contribution in [0.5, 0.6) is 0 Å². The van der Waals surface area contributed by atoms with E-state index in [1.807, 2.05) is 24.5 Å². The predicted octanol–water partition coefficient (Wildman–Crippen LogP) is 2.68. The van der Waals surface area contributed by atoms with Gasteiger partial charge in [0.15, 0.2) is 0 Å². The molecule has 1 heterocycles. The zero-order valence-corrected chi connectivity index (χ0v) is 17.1. The van der Waals surface area contributed by atoms with E-state index in [2.05, 4.69) is 10.3 Å². The number of amides is 1. The fourth-order valence-corrected chi connectivity index (χ4v) is 4.75. The molecule has 0 radical (unpaired) electrons. The van der Waals surface area contributed by atoms with Gasteiger partial charge in [-0.2, -0.15) is 11.8 Å². The van der Waals surface area contributed by atoms with Crippen LogP contribution in [0.3, 0.4) is 0 Å². The summed E-state index contributed by atoms with van der Waals surface area (Å²) in [7, 11) is 0. The third kappa shape index (κ3) is 7.47. The van der Waals surface area contributed by atoms with Gasteiger partial charge < -0.3 is 16.2 Å². The molecule has 1 saturated carbocycles. The Morgan fingerprint density at radius 2 is 2.12 bits per heavy atom. The lowest BCUT2D eigenvalue weighted by Gasteiger charge is -2.30. The number of nitrogens with two attached hydrogens (primary N) is 1. The number of pyridine rings is 1. The summed E-state index contributed by atoms with van der Waals surface area (Å²) in [6.07, 6.45) is 10.0. The number of aromatic nitrogens is 1. The Kier molecular flexibility index (Phi) is 9.82. The summed E-state index contributed by atoms with van der Waals surface area (Å²) in [5.41, 5.74) is 5.94. The SMILES string of the molecule is CSC[C@H](N)C(=O)N[C@@H](CC1CCCCC1)[C@@H](O)CSc1ccccn1. The van der Waals surface area contributed by atoms with E-state index in [0.29, 0.717) is 17.4 Å². The fourth-order valence-electron chi connectivity index (χ4n) is 3.36. The molecule has 0 bridgehead atoms. The van der Waals surface area contributed by atoms with Crippen molar-refractivity contribution in [2.45, 2.75) is 61.7 Å².